The van der Waals surface area contributed by atoms with Crippen LogP contribution in [-0.4, -0.2) is 11.9 Å². The molecule has 0 bridgehead atoms. The van der Waals surface area contributed by atoms with Gasteiger partial charge in [-0.25, -0.2) is 0 Å². The Kier molecular flexibility index (Phi) is 6.48. The predicted octanol–water partition coefficient (Wildman–Crippen LogP) is 5.30. The van der Waals surface area contributed by atoms with Crippen LogP contribution in [0.4, 0.5) is 0 Å². The Morgan fingerprint density at radius 3 is 2.44 bits per heavy atom. The van der Waals surface area contributed by atoms with Crippen molar-refractivity contribution in [1.29, 1.82) is 0 Å². The van der Waals surface area contributed by atoms with Crippen molar-refractivity contribution in [3.05, 3.63) is 35.9 Å². The van der Waals surface area contributed by atoms with Gasteiger partial charge in [0.25, 0.3) is 0 Å². The highest BCUT2D eigenvalue weighted by Crippen LogP contribution is 2.30. The molecular weight excluding hydrogens is 288 g/mol. The highest BCUT2D eigenvalue weighted by molar-refractivity contribution is 9.09. The minimum atomic E-state index is 0.239. The number of halogens is 1. The van der Waals surface area contributed by atoms with E-state index in [0.29, 0.717) is 0 Å². The maximum atomic E-state index is 6.05. The van der Waals surface area contributed by atoms with Gasteiger partial charge in [0.15, 0.2) is 0 Å². The Morgan fingerprint density at radius 1 is 1.22 bits per heavy atom. The van der Waals surface area contributed by atoms with Crippen LogP contribution in [0.15, 0.2) is 30.3 Å². The molecule has 0 fully saturated rings. The van der Waals surface area contributed by atoms with Crippen LogP contribution in [0.25, 0.3) is 6.08 Å². The molecule has 1 aromatic carbocycles. The molecule has 0 aliphatic carbocycles. The lowest BCUT2D eigenvalue weighted by Crippen LogP contribution is -2.29. The molecule has 18 heavy (non-hydrogen) atoms. The molecular formula is C16H23BrO. The van der Waals surface area contributed by atoms with Crippen molar-refractivity contribution in [3.8, 4) is 5.75 Å². The number of hydrogen-bond acceptors (Lipinski definition) is 1. The molecule has 0 N–H and O–H groups in total. The summed E-state index contributed by atoms with van der Waals surface area (Å²) in [7, 11) is 0. The molecule has 0 aromatic heterocycles. The minimum absolute atomic E-state index is 0.239. The largest absolute Gasteiger partial charge is 0.492 e. The maximum Gasteiger partial charge on any atom is 0.126 e. The third-order valence-electron chi connectivity index (χ3n) is 3.58. The minimum Gasteiger partial charge on any atom is -0.492 e. The molecule has 0 saturated heterocycles. The zero-order valence-electron chi connectivity index (χ0n) is 11.6. The van der Waals surface area contributed by atoms with Crippen molar-refractivity contribution in [1.82, 2.24) is 0 Å². The fourth-order valence-electron chi connectivity index (χ4n) is 1.84. The molecule has 1 aromatic rings. The summed E-state index contributed by atoms with van der Waals surface area (Å²) < 4.78 is 6.05. The van der Waals surface area contributed by atoms with Crippen molar-refractivity contribution < 1.29 is 4.74 Å². The Bertz CT molecular complexity index is 372. The Hall–Kier alpha value is -0.760. The molecule has 0 atom stereocenters. The van der Waals surface area contributed by atoms with E-state index in [4.69, 9.17) is 4.74 Å². The van der Waals surface area contributed by atoms with Gasteiger partial charge in [-0.3, -0.25) is 0 Å². The van der Waals surface area contributed by atoms with Crippen molar-refractivity contribution in [2.24, 2.45) is 5.41 Å². The monoisotopic (exact) mass is 310 g/mol. The first-order chi connectivity index (χ1) is 8.71. The van der Waals surface area contributed by atoms with Crippen LogP contribution in [0.1, 0.15) is 39.2 Å². The predicted molar refractivity (Wildman–Crippen MR) is 83.5 cm³/mol. The quantitative estimate of drug-likeness (QED) is 0.621. The highest BCUT2D eigenvalue weighted by Gasteiger charge is 2.26. The second-order valence-corrected chi connectivity index (χ2v) is 5.23. The highest BCUT2D eigenvalue weighted by atomic mass is 79.9. The molecule has 0 heterocycles. The number of hydrogen-bond donors (Lipinski definition) is 0. The van der Waals surface area contributed by atoms with Crippen LogP contribution in [0, 0.1) is 5.41 Å². The van der Waals surface area contributed by atoms with Gasteiger partial charge < -0.3 is 4.74 Å². The van der Waals surface area contributed by atoms with Crippen molar-refractivity contribution in [3.63, 3.8) is 0 Å². The van der Waals surface area contributed by atoms with E-state index in [1.165, 1.54) is 0 Å². The fourth-order valence-corrected chi connectivity index (χ4v) is 2.80. The van der Waals surface area contributed by atoms with Crippen molar-refractivity contribution in [2.75, 3.05) is 11.9 Å². The summed E-state index contributed by atoms with van der Waals surface area (Å²) in [5.41, 5.74) is 1.39. The lowest BCUT2D eigenvalue weighted by Gasteiger charge is -2.29. The number of benzene rings is 1. The topological polar surface area (TPSA) is 9.23 Å². The van der Waals surface area contributed by atoms with Crippen LogP contribution < -0.4 is 4.74 Å². The number of ether oxygens (including phenoxy) is 1. The van der Waals surface area contributed by atoms with Crippen molar-refractivity contribution in [2.45, 2.75) is 33.6 Å². The molecule has 0 radical (unpaired) electrons. The molecule has 0 saturated carbocycles. The molecule has 0 unspecified atom stereocenters. The second-order valence-electron chi connectivity index (χ2n) is 4.67. The summed E-state index contributed by atoms with van der Waals surface area (Å²) in [6.45, 7) is 7.25. The summed E-state index contributed by atoms with van der Waals surface area (Å²) in [6, 6.07) is 8.19. The van der Waals surface area contributed by atoms with Gasteiger partial charge in [-0.15, -0.1) is 0 Å². The number of allylic oxidation sites excluding steroid dienone is 1. The van der Waals surface area contributed by atoms with Gasteiger partial charge in [-0.1, -0.05) is 60.1 Å². The summed E-state index contributed by atoms with van der Waals surface area (Å²) in [6.07, 6.45) is 6.38. The molecule has 0 amide bonds. The first-order valence-electron chi connectivity index (χ1n) is 6.62. The van der Waals surface area contributed by atoms with E-state index in [0.717, 1.165) is 36.1 Å². The Labute approximate surface area is 119 Å². The zero-order valence-corrected chi connectivity index (χ0v) is 13.2. The van der Waals surface area contributed by atoms with Gasteiger partial charge in [0.05, 0.1) is 6.61 Å². The van der Waals surface area contributed by atoms with Crippen LogP contribution in [0.3, 0.4) is 0 Å². The summed E-state index contributed by atoms with van der Waals surface area (Å²) >= 11 is 3.62. The first-order valence-corrected chi connectivity index (χ1v) is 7.74. The third kappa shape index (κ3) is 3.88. The van der Waals surface area contributed by atoms with Crippen LogP contribution in [0.5, 0.6) is 5.75 Å². The van der Waals surface area contributed by atoms with Crippen LogP contribution in [0.2, 0.25) is 0 Å². The molecule has 0 aliphatic heterocycles. The SMILES string of the molecule is CC=Cc1ccccc1OCC(CC)(CC)CBr. The van der Waals surface area contributed by atoms with E-state index in [9.17, 15) is 0 Å². The summed E-state index contributed by atoms with van der Waals surface area (Å²) in [4.78, 5) is 0. The number of rotatable bonds is 7. The van der Waals surface area contributed by atoms with Gasteiger partial charge in [0.1, 0.15) is 5.75 Å². The lowest BCUT2D eigenvalue weighted by molar-refractivity contribution is 0.157. The first kappa shape index (κ1) is 15.3. The lowest BCUT2D eigenvalue weighted by atomic mass is 9.86. The summed E-state index contributed by atoms with van der Waals surface area (Å²) in [5, 5.41) is 0.985. The van der Waals surface area contributed by atoms with E-state index < -0.39 is 0 Å². The molecule has 0 spiro atoms. The normalized spacial score (nSPS) is 12.0. The number of para-hydroxylation sites is 1. The standard InChI is InChI=1S/C16H23BrO/c1-4-9-14-10-7-8-11-15(14)18-13-16(5-2,6-3)12-17/h4,7-11H,5-6,12-13H2,1-3H3. The van der Waals surface area contributed by atoms with Gasteiger partial charge in [0, 0.05) is 16.3 Å². The molecule has 0 aliphatic rings. The number of alkyl halides is 1. The van der Waals surface area contributed by atoms with E-state index in [1.807, 2.05) is 31.2 Å². The van der Waals surface area contributed by atoms with Gasteiger partial charge >= 0.3 is 0 Å². The van der Waals surface area contributed by atoms with Crippen molar-refractivity contribution >= 4 is 22.0 Å². The average molecular weight is 311 g/mol. The van der Waals surface area contributed by atoms with Crippen LogP contribution in [-0.2, 0) is 0 Å². The fraction of sp³-hybridized carbons (Fsp3) is 0.500. The molecule has 1 rings (SSSR count). The second kappa shape index (κ2) is 7.63. The Morgan fingerprint density at radius 2 is 1.89 bits per heavy atom. The zero-order chi connectivity index (χ0) is 13.4. The average Bonchev–Trinajstić information content (AvgIpc) is 2.43. The van der Waals surface area contributed by atoms with Gasteiger partial charge in [0.2, 0.25) is 0 Å². The van der Waals surface area contributed by atoms with E-state index in [-0.39, 0.29) is 5.41 Å². The Balaban J connectivity index is 2.79. The van der Waals surface area contributed by atoms with Gasteiger partial charge in [-0.2, -0.15) is 0 Å². The van der Waals surface area contributed by atoms with Crippen LogP contribution >= 0.6 is 15.9 Å². The van der Waals surface area contributed by atoms with E-state index in [1.54, 1.807) is 0 Å². The van der Waals surface area contributed by atoms with E-state index in [2.05, 4.69) is 41.9 Å². The molecule has 2 heteroatoms. The third-order valence-corrected chi connectivity index (χ3v) is 4.77. The summed E-state index contributed by atoms with van der Waals surface area (Å²) in [5.74, 6) is 0.975. The maximum absolute atomic E-state index is 6.05. The molecule has 1 nitrogen and oxygen atoms in total. The smallest absolute Gasteiger partial charge is 0.126 e. The van der Waals surface area contributed by atoms with Gasteiger partial charge in [-0.05, 0) is 25.8 Å². The van der Waals surface area contributed by atoms with E-state index >= 15 is 0 Å². The molecule has 100 valence electrons.